The zero-order valence-electron chi connectivity index (χ0n) is 12.6. The second kappa shape index (κ2) is 6.75. The standard InChI is InChI=1S/C17H19N3OS/c1-2-20-15-8-4-3-7-14(15)19-16(20)9-10-18-17(21)12-13-6-5-11-22-13/h3-8,11H,2,9-10,12H2,1H3,(H,18,21). The number of carbonyl (C=O) groups excluding carboxylic acids is 1. The molecule has 0 saturated carbocycles. The van der Waals surface area contributed by atoms with E-state index in [1.54, 1.807) is 11.3 Å². The topological polar surface area (TPSA) is 46.9 Å². The van der Waals surface area contributed by atoms with Gasteiger partial charge in [-0.3, -0.25) is 4.79 Å². The van der Waals surface area contributed by atoms with Crippen LogP contribution in [-0.4, -0.2) is 22.0 Å². The van der Waals surface area contributed by atoms with Crippen molar-refractivity contribution in [2.45, 2.75) is 26.3 Å². The second-order valence-electron chi connectivity index (χ2n) is 5.12. The molecule has 22 heavy (non-hydrogen) atoms. The van der Waals surface area contributed by atoms with Crippen molar-refractivity contribution in [3.8, 4) is 0 Å². The van der Waals surface area contributed by atoms with Crippen molar-refractivity contribution in [1.82, 2.24) is 14.9 Å². The van der Waals surface area contributed by atoms with Crippen LogP contribution in [0.2, 0.25) is 0 Å². The summed E-state index contributed by atoms with van der Waals surface area (Å²) in [6.45, 7) is 3.62. The molecule has 1 aromatic carbocycles. The van der Waals surface area contributed by atoms with E-state index in [1.807, 2.05) is 35.7 Å². The number of aryl methyl sites for hydroxylation is 1. The number of hydrogen-bond acceptors (Lipinski definition) is 3. The SMILES string of the molecule is CCn1c(CCNC(=O)Cc2cccs2)nc2ccccc21. The Morgan fingerprint density at radius 2 is 2.14 bits per heavy atom. The number of para-hydroxylation sites is 2. The molecular weight excluding hydrogens is 294 g/mol. The first-order valence-electron chi connectivity index (χ1n) is 7.51. The molecule has 0 fully saturated rings. The van der Waals surface area contributed by atoms with E-state index in [1.165, 1.54) is 0 Å². The maximum absolute atomic E-state index is 11.9. The monoisotopic (exact) mass is 313 g/mol. The van der Waals surface area contributed by atoms with Crippen LogP contribution >= 0.6 is 11.3 Å². The highest BCUT2D eigenvalue weighted by atomic mass is 32.1. The summed E-state index contributed by atoms with van der Waals surface area (Å²) >= 11 is 1.61. The van der Waals surface area contributed by atoms with Gasteiger partial charge in [0.2, 0.25) is 5.91 Å². The molecule has 2 heterocycles. The fraction of sp³-hybridized carbons (Fsp3) is 0.294. The number of rotatable bonds is 6. The molecule has 1 N–H and O–H groups in total. The van der Waals surface area contributed by atoms with E-state index in [9.17, 15) is 4.79 Å². The van der Waals surface area contributed by atoms with Crippen LogP contribution in [0.4, 0.5) is 0 Å². The van der Waals surface area contributed by atoms with E-state index < -0.39 is 0 Å². The van der Waals surface area contributed by atoms with Gasteiger partial charge in [0.1, 0.15) is 5.82 Å². The van der Waals surface area contributed by atoms with Gasteiger partial charge in [-0.15, -0.1) is 11.3 Å². The molecule has 0 aliphatic heterocycles. The Kier molecular flexibility index (Phi) is 4.53. The molecule has 0 aliphatic rings. The summed E-state index contributed by atoms with van der Waals surface area (Å²) in [6.07, 6.45) is 1.21. The third-order valence-electron chi connectivity index (χ3n) is 3.64. The number of carbonyl (C=O) groups is 1. The molecule has 0 atom stereocenters. The van der Waals surface area contributed by atoms with Crippen molar-refractivity contribution in [1.29, 1.82) is 0 Å². The number of aromatic nitrogens is 2. The molecule has 5 heteroatoms. The van der Waals surface area contributed by atoms with E-state index in [0.29, 0.717) is 13.0 Å². The van der Waals surface area contributed by atoms with E-state index in [4.69, 9.17) is 0 Å². The Hall–Kier alpha value is -2.14. The molecule has 0 unspecified atom stereocenters. The summed E-state index contributed by atoms with van der Waals surface area (Å²) in [6, 6.07) is 12.1. The van der Waals surface area contributed by atoms with Gasteiger partial charge in [-0.05, 0) is 30.5 Å². The number of nitrogens with one attached hydrogen (secondary N) is 1. The van der Waals surface area contributed by atoms with Crippen molar-refractivity contribution >= 4 is 28.3 Å². The van der Waals surface area contributed by atoms with Gasteiger partial charge in [-0.25, -0.2) is 4.98 Å². The number of benzene rings is 1. The Labute approximate surface area is 133 Å². The van der Waals surface area contributed by atoms with Gasteiger partial charge in [-0.1, -0.05) is 18.2 Å². The van der Waals surface area contributed by atoms with E-state index in [2.05, 4.69) is 27.9 Å². The lowest BCUT2D eigenvalue weighted by Gasteiger charge is -2.07. The van der Waals surface area contributed by atoms with Crippen molar-refractivity contribution in [2.75, 3.05) is 6.54 Å². The largest absolute Gasteiger partial charge is 0.355 e. The lowest BCUT2D eigenvalue weighted by Crippen LogP contribution is -2.27. The first kappa shape index (κ1) is 14.8. The number of hydrogen-bond donors (Lipinski definition) is 1. The van der Waals surface area contributed by atoms with Crippen LogP contribution < -0.4 is 5.32 Å². The minimum Gasteiger partial charge on any atom is -0.355 e. The van der Waals surface area contributed by atoms with Crippen molar-refractivity contribution in [3.05, 3.63) is 52.5 Å². The van der Waals surface area contributed by atoms with Crippen LogP contribution in [0.15, 0.2) is 41.8 Å². The maximum atomic E-state index is 11.9. The van der Waals surface area contributed by atoms with E-state index in [0.717, 1.165) is 34.7 Å². The zero-order valence-corrected chi connectivity index (χ0v) is 13.4. The average molecular weight is 313 g/mol. The highest BCUT2D eigenvalue weighted by molar-refractivity contribution is 7.10. The van der Waals surface area contributed by atoms with E-state index >= 15 is 0 Å². The molecule has 1 amide bonds. The Balaban J connectivity index is 1.60. The fourth-order valence-corrected chi connectivity index (χ4v) is 3.32. The molecule has 0 aliphatic carbocycles. The molecule has 4 nitrogen and oxygen atoms in total. The van der Waals surface area contributed by atoms with Gasteiger partial charge in [-0.2, -0.15) is 0 Å². The molecule has 3 rings (SSSR count). The van der Waals surface area contributed by atoms with Crippen LogP contribution in [0.1, 0.15) is 17.6 Å². The minimum absolute atomic E-state index is 0.0709. The van der Waals surface area contributed by atoms with Crippen LogP contribution in [0, 0.1) is 0 Å². The predicted octanol–water partition coefficient (Wildman–Crippen LogP) is 3.02. The van der Waals surface area contributed by atoms with Gasteiger partial charge >= 0.3 is 0 Å². The van der Waals surface area contributed by atoms with Crippen molar-refractivity contribution in [2.24, 2.45) is 0 Å². The zero-order chi connectivity index (χ0) is 15.4. The van der Waals surface area contributed by atoms with Gasteiger partial charge in [0.25, 0.3) is 0 Å². The lowest BCUT2D eigenvalue weighted by atomic mass is 10.3. The van der Waals surface area contributed by atoms with Gasteiger partial charge in [0.05, 0.1) is 17.5 Å². The molecule has 0 radical (unpaired) electrons. The lowest BCUT2D eigenvalue weighted by molar-refractivity contribution is -0.120. The fourth-order valence-electron chi connectivity index (χ4n) is 2.62. The van der Waals surface area contributed by atoms with Crippen LogP contribution in [-0.2, 0) is 24.2 Å². The quantitative estimate of drug-likeness (QED) is 0.760. The van der Waals surface area contributed by atoms with Crippen LogP contribution in [0.25, 0.3) is 11.0 Å². The van der Waals surface area contributed by atoms with Gasteiger partial charge in [0, 0.05) is 24.4 Å². The summed E-state index contributed by atoms with van der Waals surface area (Å²) in [4.78, 5) is 17.7. The number of amides is 1. The average Bonchev–Trinajstić information content (AvgIpc) is 3.14. The number of fused-ring (bicyclic) bond motifs is 1. The minimum atomic E-state index is 0.0709. The predicted molar refractivity (Wildman–Crippen MR) is 90.1 cm³/mol. The van der Waals surface area contributed by atoms with Crippen LogP contribution in [0.3, 0.4) is 0 Å². The third kappa shape index (κ3) is 3.20. The highest BCUT2D eigenvalue weighted by Crippen LogP contribution is 2.16. The van der Waals surface area contributed by atoms with Crippen LogP contribution in [0.5, 0.6) is 0 Å². The first-order chi connectivity index (χ1) is 10.8. The molecule has 3 aromatic rings. The summed E-state index contributed by atoms with van der Waals surface area (Å²) in [7, 11) is 0. The highest BCUT2D eigenvalue weighted by Gasteiger charge is 2.09. The summed E-state index contributed by atoms with van der Waals surface area (Å²) in [5.74, 6) is 1.10. The Morgan fingerprint density at radius 3 is 2.91 bits per heavy atom. The number of thiophene rings is 1. The molecule has 2 aromatic heterocycles. The maximum Gasteiger partial charge on any atom is 0.225 e. The molecular formula is C17H19N3OS. The number of imidazole rings is 1. The normalized spacial score (nSPS) is 11.0. The molecule has 114 valence electrons. The first-order valence-corrected chi connectivity index (χ1v) is 8.39. The Morgan fingerprint density at radius 1 is 1.27 bits per heavy atom. The van der Waals surface area contributed by atoms with Crippen molar-refractivity contribution < 1.29 is 4.79 Å². The Bertz CT molecular complexity index is 761. The summed E-state index contributed by atoms with van der Waals surface area (Å²) in [5.41, 5.74) is 2.18. The second-order valence-corrected chi connectivity index (χ2v) is 6.15. The molecule has 0 spiro atoms. The summed E-state index contributed by atoms with van der Waals surface area (Å²) in [5, 5.41) is 4.97. The molecule has 0 bridgehead atoms. The third-order valence-corrected chi connectivity index (χ3v) is 4.51. The van der Waals surface area contributed by atoms with Crippen molar-refractivity contribution in [3.63, 3.8) is 0 Å². The van der Waals surface area contributed by atoms with E-state index in [-0.39, 0.29) is 5.91 Å². The van der Waals surface area contributed by atoms with Gasteiger partial charge < -0.3 is 9.88 Å². The molecule has 0 saturated heterocycles. The van der Waals surface area contributed by atoms with Gasteiger partial charge in [0.15, 0.2) is 0 Å². The smallest absolute Gasteiger partial charge is 0.225 e. The summed E-state index contributed by atoms with van der Waals surface area (Å²) < 4.78 is 2.21. The number of nitrogens with zero attached hydrogens (tertiary/aromatic N) is 2.